The van der Waals surface area contributed by atoms with Crippen molar-refractivity contribution in [2.24, 2.45) is 0 Å². The number of hydrogen-bond acceptors (Lipinski definition) is 5. The first-order valence-corrected chi connectivity index (χ1v) is 12.7. The molecule has 0 fully saturated rings. The summed E-state index contributed by atoms with van der Waals surface area (Å²) < 4.78 is 59.7. The third-order valence-electron chi connectivity index (χ3n) is 4.67. The van der Waals surface area contributed by atoms with Crippen LogP contribution in [0.25, 0.3) is 11.0 Å². The molecule has 0 aliphatic rings. The van der Waals surface area contributed by atoms with E-state index in [1.165, 1.54) is 24.3 Å². The molecule has 0 amide bonds. The Morgan fingerprint density at radius 2 is 1.61 bits per heavy atom. The lowest BCUT2D eigenvalue weighted by atomic mass is 10.2. The van der Waals surface area contributed by atoms with Gasteiger partial charge in [-0.1, -0.05) is 59.6 Å². The molecule has 0 saturated carbocycles. The Kier molecular flexibility index (Phi) is 5.55. The fourth-order valence-electron chi connectivity index (χ4n) is 3.12. The molecule has 0 saturated heterocycles. The first kappa shape index (κ1) is 21.4. The second kappa shape index (κ2) is 8.03. The molecule has 160 valence electrons. The number of sulfone groups is 1. The lowest BCUT2D eigenvalue weighted by Crippen LogP contribution is -2.16. The molecule has 4 aromatic rings. The number of aryl methyl sites for hydroxylation is 1. The van der Waals surface area contributed by atoms with E-state index in [1.807, 2.05) is 19.1 Å². The average Bonchev–Trinajstić information content (AvgIpc) is 3.14. The van der Waals surface area contributed by atoms with Gasteiger partial charge in [0.1, 0.15) is 5.58 Å². The lowest BCUT2D eigenvalue weighted by Gasteiger charge is -2.13. The molecule has 0 radical (unpaired) electrons. The zero-order valence-electron chi connectivity index (χ0n) is 16.4. The number of anilines is 1. The van der Waals surface area contributed by atoms with Gasteiger partial charge in [-0.2, -0.15) is 8.42 Å². The summed E-state index contributed by atoms with van der Waals surface area (Å²) in [6.45, 7) is 1.91. The van der Waals surface area contributed by atoms with Gasteiger partial charge in [0.15, 0.2) is 9.84 Å². The molecular weight excluding hydrogens is 458 g/mol. The van der Waals surface area contributed by atoms with Crippen molar-refractivity contribution in [3.05, 3.63) is 88.9 Å². The van der Waals surface area contributed by atoms with E-state index in [0.29, 0.717) is 16.5 Å². The molecule has 6 nitrogen and oxygen atoms in total. The summed E-state index contributed by atoms with van der Waals surface area (Å²) >= 11 is 6.03. The molecule has 0 bridgehead atoms. The van der Waals surface area contributed by atoms with Crippen LogP contribution in [-0.4, -0.2) is 16.8 Å². The van der Waals surface area contributed by atoms with Gasteiger partial charge < -0.3 is 4.42 Å². The van der Waals surface area contributed by atoms with Crippen molar-refractivity contribution in [2.45, 2.75) is 22.7 Å². The van der Waals surface area contributed by atoms with E-state index in [-0.39, 0.29) is 26.5 Å². The second-order valence-electron chi connectivity index (χ2n) is 7.09. The van der Waals surface area contributed by atoms with Crippen molar-refractivity contribution in [2.75, 3.05) is 4.72 Å². The van der Waals surface area contributed by atoms with Gasteiger partial charge in [0.05, 0.1) is 16.3 Å². The number of rotatable bonds is 6. The van der Waals surface area contributed by atoms with Crippen molar-refractivity contribution < 1.29 is 21.3 Å². The van der Waals surface area contributed by atoms with E-state index in [2.05, 4.69) is 4.72 Å². The number of fused-ring (bicyclic) bond motifs is 1. The maximum absolute atomic E-state index is 13.1. The Hall–Kier alpha value is -2.81. The number of para-hydroxylation sites is 1. The number of halogens is 1. The van der Waals surface area contributed by atoms with Crippen LogP contribution in [0.2, 0.25) is 5.02 Å². The molecule has 1 aromatic heterocycles. The highest BCUT2D eigenvalue weighted by Gasteiger charge is 2.25. The van der Waals surface area contributed by atoms with Crippen molar-refractivity contribution in [1.29, 1.82) is 0 Å². The second-order valence-corrected chi connectivity index (χ2v) is 11.1. The van der Waals surface area contributed by atoms with Gasteiger partial charge in [-0.05, 0) is 36.8 Å². The topological polar surface area (TPSA) is 93.5 Å². The molecule has 0 aliphatic carbocycles. The molecule has 9 heteroatoms. The summed E-state index contributed by atoms with van der Waals surface area (Å²) in [4.78, 5) is -0.169. The largest absolute Gasteiger partial charge is 0.443 e. The molecule has 31 heavy (non-hydrogen) atoms. The normalized spacial score (nSPS) is 12.2. The van der Waals surface area contributed by atoms with Crippen LogP contribution in [0.15, 0.2) is 87.2 Å². The molecule has 0 spiro atoms. The van der Waals surface area contributed by atoms with Gasteiger partial charge in [-0.25, -0.2) is 8.42 Å². The van der Waals surface area contributed by atoms with Crippen LogP contribution in [0.5, 0.6) is 0 Å². The van der Waals surface area contributed by atoms with Crippen LogP contribution in [-0.2, 0) is 25.6 Å². The molecule has 1 N–H and O–H groups in total. The van der Waals surface area contributed by atoms with E-state index >= 15 is 0 Å². The van der Waals surface area contributed by atoms with E-state index in [9.17, 15) is 16.8 Å². The van der Waals surface area contributed by atoms with Crippen LogP contribution < -0.4 is 4.72 Å². The van der Waals surface area contributed by atoms with Gasteiger partial charge in [-0.3, -0.25) is 4.72 Å². The summed E-state index contributed by atoms with van der Waals surface area (Å²) in [5.41, 5.74) is 1.86. The lowest BCUT2D eigenvalue weighted by molar-refractivity contribution is 0.484. The maximum Gasteiger partial charge on any atom is 0.295 e. The maximum atomic E-state index is 13.1. The zero-order valence-corrected chi connectivity index (χ0v) is 18.8. The number of sulfonamides is 1. The van der Waals surface area contributed by atoms with E-state index < -0.39 is 19.9 Å². The predicted molar refractivity (Wildman–Crippen MR) is 121 cm³/mol. The van der Waals surface area contributed by atoms with Gasteiger partial charge in [0.2, 0.25) is 5.09 Å². The standard InChI is InChI=1S/C22H18ClNO5S2/c1-15-6-8-16(9-7-15)14-30(25,26)21-11-10-18(23)13-19(21)24-31(27,28)22-12-17-4-2-3-5-20(17)29-22/h2-13,24H,14H2,1H3. The Bertz CT molecular complexity index is 1440. The zero-order chi connectivity index (χ0) is 22.2. The van der Waals surface area contributed by atoms with Gasteiger partial charge in [0, 0.05) is 16.5 Å². The van der Waals surface area contributed by atoms with Crippen molar-refractivity contribution in [1.82, 2.24) is 0 Å². The van der Waals surface area contributed by atoms with Gasteiger partial charge >= 0.3 is 0 Å². The molecule has 0 unspecified atom stereocenters. The molecule has 0 aliphatic heterocycles. The number of hydrogen-bond donors (Lipinski definition) is 1. The minimum absolute atomic E-state index is 0.139. The summed E-state index contributed by atoms with van der Waals surface area (Å²) in [6.07, 6.45) is 0. The first-order valence-electron chi connectivity index (χ1n) is 9.23. The number of nitrogens with one attached hydrogen (secondary N) is 1. The summed E-state index contributed by atoms with van der Waals surface area (Å²) in [5, 5.41) is 0.480. The fourth-order valence-corrected chi connectivity index (χ4v) is 5.90. The molecule has 1 heterocycles. The highest BCUT2D eigenvalue weighted by molar-refractivity contribution is 7.93. The van der Waals surface area contributed by atoms with Crippen LogP contribution >= 0.6 is 11.6 Å². The predicted octanol–water partition coefficient (Wildman–Crippen LogP) is 5.17. The van der Waals surface area contributed by atoms with E-state index in [0.717, 1.165) is 5.56 Å². The third-order valence-corrected chi connectivity index (χ3v) is 7.86. The van der Waals surface area contributed by atoms with Crippen molar-refractivity contribution in [3.8, 4) is 0 Å². The average molecular weight is 476 g/mol. The Morgan fingerprint density at radius 3 is 2.32 bits per heavy atom. The monoisotopic (exact) mass is 475 g/mol. The fraction of sp³-hybridized carbons (Fsp3) is 0.0909. The highest BCUT2D eigenvalue weighted by atomic mass is 35.5. The molecule has 4 rings (SSSR count). The van der Waals surface area contributed by atoms with Crippen LogP contribution in [0.4, 0.5) is 5.69 Å². The Labute approximate surface area is 185 Å². The highest BCUT2D eigenvalue weighted by Crippen LogP contribution is 2.31. The van der Waals surface area contributed by atoms with Crippen LogP contribution in [0, 0.1) is 6.92 Å². The molecule has 0 atom stereocenters. The minimum Gasteiger partial charge on any atom is -0.443 e. The van der Waals surface area contributed by atoms with Crippen LogP contribution in [0.1, 0.15) is 11.1 Å². The van der Waals surface area contributed by atoms with E-state index in [4.69, 9.17) is 16.0 Å². The summed E-state index contributed by atoms with van der Waals surface area (Å²) in [5.74, 6) is -0.283. The molecule has 3 aromatic carbocycles. The van der Waals surface area contributed by atoms with Crippen molar-refractivity contribution in [3.63, 3.8) is 0 Å². The molecular formula is C22H18ClNO5S2. The minimum atomic E-state index is -4.19. The van der Waals surface area contributed by atoms with Crippen molar-refractivity contribution >= 4 is 48.1 Å². The Balaban J connectivity index is 1.71. The Morgan fingerprint density at radius 1 is 0.903 bits per heavy atom. The quantitative estimate of drug-likeness (QED) is 0.415. The SMILES string of the molecule is Cc1ccc(CS(=O)(=O)c2ccc(Cl)cc2NS(=O)(=O)c2cc3ccccc3o2)cc1. The van der Waals surface area contributed by atoms with Gasteiger partial charge in [-0.15, -0.1) is 0 Å². The van der Waals surface area contributed by atoms with Gasteiger partial charge in [0.25, 0.3) is 10.0 Å². The summed E-state index contributed by atoms with van der Waals surface area (Å²) in [6, 6.07) is 19.3. The van der Waals surface area contributed by atoms with E-state index in [1.54, 1.807) is 36.4 Å². The first-order chi connectivity index (χ1) is 14.6. The summed E-state index contributed by atoms with van der Waals surface area (Å²) in [7, 11) is -8.06. The smallest absolute Gasteiger partial charge is 0.295 e. The third kappa shape index (κ3) is 4.61. The van der Waals surface area contributed by atoms with Crippen LogP contribution in [0.3, 0.4) is 0 Å². The number of furan rings is 1. The number of benzene rings is 3.